The number of benzene rings is 3. The highest BCUT2D eigenvalue weighted by molar-refractivity contribution is 6.32. The molecule has 6 nitrogen and oxygen atoms in total. The molecule has 3 aromatic rings. The first-order chi connectivity index (χ1) is 20.6. The molecule has 42 heavy (non-hydrogen) atoms. The molecule has 0 spiro atoms. The van der Waals surface area contributed by atoms with Crippen LogP contribution in [0.25, 0.3) is 11.1 Å². The second-order valence-corrected chi connectivity index (χ2v) is 12.1. The summed E-state index contributed by atoms with van der Waals surface area (Å²) >= 11 is 6.84. The molecule has 0 N–H and O–H groups in total. The molecule has 0 atom stereocenters. The van der Waals surface area contributed by atoms with E-state index < -0.39 is 0 Å². The maximum absolute atomic E-state index is 6.84. The Bertz CT molecular complexity index is 1350. The molecular weight excluding hydrogens is 548 g/mol. The standard InChI is InChI=1S/C35H43ClN2O4/c1-26-28(9-8-10-30(26)27-11-12-32-35(22-27)41-20-19-40-32)25-42-34-23-33(39-18-17-37-13-4-2-5-14-37)29(21-31(34)36)24-38-15-6-3-7-16-38/h8-12,21-23H,2-7,13-20,24-25H2,1H3. The highest BCUT2D eigenvalue weighted by atomic mass is 35.5. The van der Waals surface area contributed by atoms with Gasteiger partial charge in [0, 0.05) is 24.7 Å². The first-order valence-corrected chi connectivity index (χ1v) is 16.0. The van der Waals surface area contributed by atoms with Gasteiger partial charge in [0.25, 0.3) is 0 Å². The first kappa shape index (κ1) is 29.2. The molecule has 224 valence electrons. The summed E-state index contributed by atoms with van der Waals surface area (Å²) in [4.78, 5) is 5.03. The van der Waals surface area contributed by atoms with Crippen molar-refractivity contribution in [1.82, 2.24) is 9.80 Å². The molecule has 3 heterocycles. The maximum Gasteiger partial charge on any atom is 0.161 e. The molecule has 2 saturated heterocycles. The first-order valence-electron chi connectivity index (χ1n) is 15.7. The van der Waals surface area contributed by atoms with Gasteiger partial charge in [0.05, 0.1) is 5.02 Å². The van der Waals surface area contributed by atoms with Crippen LogP contribution in [-0.4, -0.2) is 62.3 Å². The van der Waals surface area contributed by atoms with E-state index in [1.54, 1.807) is 0 Å². The van der Waals surface area contributed by atoms with Gasteiger partial charge in [-0.2, -0.15) is 0 Å². The average molecular weight is 591 g/mol. The Labute approximate surface area is 255 Å². The number of piperidine rings is 2. The number of likely N-dealkylation sites (tertiary alicyclic amines) is 2. The predicted molar refractivity (Wildman–Crippen MR) is 168 cm³/mol. The summed E-state index contributed by atoms with van der Waals surface area (Å²) in [7, 11) is 0. The number of ether oxygens (including phenoxy) is 4. The van der Waals surface area contributed by atoms with E-state index >= 15 is 0 Å². The molecule has 3 aliphatic rings. The van der Waals surface area contributed by atoms with Crippen molar-refractivity contribution >= 4 is 11.6 Å². The van der Waals surface area contributed by atoms with Gasteiger partial charge >= 0.3 is 0 Å². The zero-order valence-electron chi connectivity index (χ0n) is 24.8. The quantitative estimate of drug-likeness (QED) is 0.243. The van der Waals surface area contributed by atoms with Crippen LogP contribution in [-0.2, 0) is 13.2 Å². The third-order valence-electron chi connectivity index (χ3n) is 8.75. The SMILES string of the molecule is Cc1c(COc2cc(OCCN3CCCCC3)c(CN3CCCCC3)cc2Cl)cccc1-c1ccc2c(c1)OCCO2. The molecule has 6 rings (SSSR count). The molecule has 0 saturated carbocycles. The van der Waals surface area contributed by atoms with Gasteiger partial charge in [0.2, 0.25) is 0 Å². The van der Waals surface area contributed by atoms with Gasteiger partial charge in [0.15, 0.2) is 11.5 Å². The van der Waals surface area contributed by atoms with Crippen LogP contribution in [0, 0.1) is 6.92 Å². The molecule has 3 aromatic carbocycles. The predicted octanol–water partition coefficient (Wildman–Crippen LogP) is 7.52. The highest BCUT2D eigenvalue weighted by Gasteiger charge is 2.19. The van der Waals surface area contributed by atoms with Gasteiger partial charge in [-0.15, -0.1) is 0 Å². The van der Waals surface area contributed by atoms with Gasteiger partial charge in [0.1, 0.15) is 37.9 Å². The van der Waals surface area contributed by atoms with Crippen LogP contribution < -0.4 is 18.9 Å². The molecule has 2 fully saturated rings. The van der Waals surface area contributed by atoms with Crippen LogP contribution in [0.15, 0.2) is 48.5 Å². The molecule has 0 unspecified atom stereocenters. The Hall–Kier alpha value is -2.93. The van der Waals surface area contributed by atoms with Crippen LogP contribution in [0.2, 0.25) is 5.02 Å². The topological polar surface area (TPSA) is 43.4 Å². The van der Waals surface area contributed by atoms with Crippen LogP contribution in [0.3, 0.4) is 0 Å². The summed E-state index contributed by atoms with van der Waals surface area (Å²) in [5.41, 5.74) is 5.68. The molecule has 0 amide bonds. The van der Waals surface area contributed by atoms with Crippen LogP contribution in [0.4, 0.5) is 0 Å². The maximum atomic E-state index is 6.84. The van der Waals surface area contributed by atoms with Gasteiger partial charge in [-0.25, -0.2) is 0 Å². The van der Waals surface area contributed by atoms with Crippen molar-refractivity contribution in [2.75, 3.05) is 52.5 Å². The third-order valence-corrected chi connectivity index (χ3v) is 9.05. The van der Waals surface area contributed by atoms with E-state index in [1.807, 2.05) is 12.1 Å². The number of rotatable bonds is 10. The van der Waals surface area contributed by atoms with Gasteiger partial charge in [-0.05, 0) is 99.2 Å². The summed E-state index contributed by atoms with van der Waals surface area (Å²) in [6.07, 6.45) is 7.74. The fraction of sp³-hybridized carbons (Fsp3) is 0.486. The lowest BCUT2D eigenvalue weighted by Gasteiger charge is -2.28. The van der Waals surface area contributed by atoms with Crippen LogP contribution in [0.1, 0.15) is 55.2 Å². The number of hydrogen-bond donors (Lipinski definition) is 0. The van der Waals surface area contributed by atoms with Crippen LogP contribution >= 0.6 is 11.6 Å². The molecule has 0 bridgehead atoms. The van der Waals surface area contributed by atoms with Gasteiger partial charge in [-0.1, -0.05) is 48.7 Å². The minimum Gasteiger partial charge on any atom is -0.492 e. The Morgan fingerprint density at radius 1 is 0.738 bits per heavy atom. The monoisotopic (exact) mass is 590 g/mol. The van der Waals surface area contributed by atoms with E-state index in [1.165, 1.54) is 57.2 Å². The van der Waals surface area contributed by atoms with E-state index in [-0.39, 0.29) is 0 Å². The van der Waals surface area contributed by atoms with Crippen molar-refractivity contribution in [3.63, 3.8) is 0 Å². The Kier molecular flexibility index (Phi) is 9.74. The molecule has 0 radical (unpaired) electrons. The lowest BCUT2D eigenvalue weighted by molar-refractivity contribution is 0.171. The van der Waals surface area contributed by atoms with Crippen molar-refractivity contribution in [3.8, 4) is 34.1 Å². The zero-order valence-corrected chi connectivity index (χ0v) is 25.6. The fourth-order valence-corrected chi connectivity index (χ4v) is 6.53. The van der Waals surface area contributed by atoms with Crippen molar-refractivity contribution in [2.24, 2.45) is 0 Å². The summed E-state index contributed by atoms with van der Waals surface area (Å²) < 4.78 is 24.4. The summed E-state index contributed by atoms with van der Waals surface area (Å²) in [5, 5.41) is 0.631. The Balaban J connectivity index is 1.18. The summed E-state index contributed by atoms with van der Waals surface area (Å²) in [5.74, 6) is 3.15. The Morgan fingerprint density at radius 3 is 2.26 bits per heavy atom. The normalized spacial score (nSPS) is 17.7. The van der Waals surface area contributed by atoms with E-state index in [0.717, 1.165) is 65.7 Å². The smallest absolute Gasteiger partial charge is 0.161 e. The third kappa shape index (κ3) is 7.16. The number of fused-ring (bicyclic) bond motifs is 1. The van der Waals surface area contributed by atoms with Crippen molar-refractivity contribution in [2.45, 2.75) is 58.6 Å². The lowest BCUT2D eigenvalue weighted by atomic mass is 9.96. The van der Waals surface area contributed by atoms with Crippen molar-refractivity contribution in [1.29, 1.82) is 0 Å². The van der Waals surface area contributed by atoms with E-state index in [0.29, 0.717) is 37.2 Å². The summed E-state index contributed by atoms with van der Waals surface area (Å²) in [6, 6.07) is 16.5. The average Bonchev–Trinajstić information content (AvgIpc) is 3.03. The number of hydrogen-bond acceptors (Lipinski definition) is 6. The van der Waals surface area contributed by atoms with E-state index in [4.69, 9.17) is 30.5 Å². The van der Waals surface area contributed by atoms with E-state index in [9.17, 15) is 0 Å². The van der Waals surface area contributed by atoms with Gasteiger partial charge < -0.3 is 18.9 Å². The van der Waals surface area contributed by atoms with Gasteiger partial charge in [-0.3, -0.25) is 9.80 Å². The minimum atomic E-state index is 0.419. The van der Waals surface area contributed by atoms with Crippen molar-refractivity contribution < 1.29 is 18.9 Å². The van der Waals surface area contributed by atoms with Crippen molar-refractivity contribution in [3.05, 3.63) is 70.2 Å². The highest BCUT2D eigenvalue weighted by Crippen LogP contribution is 2.38. The molecule has 3 aliphatic heterocycles. The fourth-order valence-electron chi connectivity index (χ4n) is 6.29. The lowest BCUT2D eigenvalue weighted by Crippen LogP contribution is -2.33. The minimum absolute atomic E-state index is 0.419. The molecule has 0 aliphatic carbocycles. The Morgan fingerprint density at radius 2 is 1.48 bits per heavy atom. The second kappa shape index (κ2) is 14.0. The summed E-state index contributed by atoms with van der Waals surface area (Å²) in [6.45, 7) is 10.8. The molecule has 0 aromatic heterocycles. The van der Waals surface area contributed by atoms with E-state index in [2.05, 4.69) is 53.1 Å². The second-order valence-electron chi connectivity index (χ2n) is 11.7. The molecular formula is C35H43ClN2O4. The molecule has 7 heteroatoms. The zero-order chi connectivity index (χ0) is 28.7. The largest absolute Gasteiger partial charge is 0.492 e. The number of halogens is 1. The number of nitrogens with zero attached hydrogens (tertiary/aromatic N) is 2. The van der Waals surface area contributed by atoms with Crippen LogP contribution in [0.5, 0.6) is 23.0 Å².